The molecule has 1 aliphatic rings. The lowest BCUT2D eigenvalue weighted by Crippen LogP contribution is -2.35. The molecule has 0 heterocycles. The first kappa shape index (κ1) is 14.0. The molecule has 0 spiro atoms. The van der Waals surface area contributed by atoms with Crippen LogP contribution in [0.5, 0.6) is 0 Å². The van der Waals surface area contributed by atoms with Gasteiger partial charge in [-0.2, -0.15) is 0 Å². The number of hydrogen-bond donors (Lipinski definition) is 3. The number of aliphatic hydroxyl groups is 1. The van der Waals surface area contributed by atoms with E-state index >= 15 is 0 Å². The summed E-state index contributed by atoms with van der Waals surface area (Å²) in [6.07, 6.45) is 3.85. The molecule has 4 nitrogen and oxygen atoms in total. The fraction of sp³-hybridized carbons (Fsp3) is 0.533. The Kier molecular flexibility index (Phi) is 4.93. The fourth-order valence-corrected chi connectivity index (χ4v) is 2.53. The Morgan fingerprint density at radius 2 is 2.05 bits per heavy atom. The number of carbonyl (C=O) groups is 1. The molecule has 1 aromatic carbocycles. The first-order valence-electron chi connectivity index (χ1n) is 6.91. The smallest absolute Gasteiger partial charge is 0.251 e. The summed E-state index contributed by atoms with van der Waals surface area (Å²) >= 11 is 0. The molecule has 1 aromatic rings. The van der Waals surface area contributed by atoms with Gasteiger partial charge in [0.2, 0.25) is 0 Å². The highest BCUT2D eigenvalue weighted by molar-refractivity contribution is 5.93. The number of benzene rings is 1. The third-order valence-corrected chi connectivity index (χ3v) is 3.68. The van der Waals surface area contributed by atoms with E-state index in [0.29, 0.717) is 11.6 Å². The van der Waals surface area contributed by atoms with Crippen LogP contribution in [0.1, 0.15) is 41.6 Å². The first-order chi connectivity index (χ1) is 9.19. The number of carbonyl (C=O) groups excluding carboxylic acids is 1. The van der Waals surface area contributed by atoms with Gasteiger partial charge in [0.15, 0.2) is 0 Å². The maximum absolute atomic E-state index is 11.4. The predicted octanol–water partition coefficient (Wildman–Crippen LogP) is 1.44. The zero-order valence-corrected chi connectivity index (χ0v) is 11.4. The van der Waals surface area contributed by atoms with E-state index in [-0.39, 0.29) is 12.0 Å². The van der Waals surface area contributed by atoms with Crippen LogP contribution in [-0.4, -0.2) is 30.2 Å². The molecule has 4 heteroatoms. The molecule has 3 N–H and O–H groups in total. The lowest BCUT2D eigenvalue weighted by atomic mass is 9.93. The number of hydrogen-bond acceptors (Lipinski definition) is 3. The van der Waals surface area contributed by atoms with Crippen LogP contribution in [-0.2, 0) is 6.54 Å². The molecular formula is C15H22N2O2. The van der Waals surface area contributed by atoms with Crippen LogP contribution in [0.25, 0.3) is 0 Å². The minimum Gasteiger partial charge on any atom is -0.393 e. The normalized spacial score (nSPS) is 23.1. The van der Waals surface area contributed by atoms with Gasteiger partial charge in [-0.1, -0.05) is 12.1 Å². The zero-order chi connectivity index (χ0) is 13.7. The van der Waals surface area contributed by atoms with Crippen molar-refractivity contribution in [3.05, 3.63) is 35.4 Å². The summed E-state index contributed by atoms with van der Waals surface area (Å²) in [7, 11) is 1.63. The van der Waals surface area contributed by atoms with Gasteiger partial charge in [-0.3, -0.25) is 4.79 Å². The maximum atomic E-state index is 11.4. The quantitative estimate of drug-likeness (QED) is 0.769. The maximum Gasteiger partial charge on any atom is 0.251 e. The molecule has 2 unspecified atom stereocenters. The van der Waals surface area contributed by atoms with Crippen molar-refractivity contribution < 1.29 is 9.90 Å². The van der Waals surface area contributed by atoms with E-state index in [1.54, 1.807) is 7.05 Å². The fourth-order valence-electron chi connectivity index (χ4n) is 2.53. The molecule has 0 bridgehead atoms. The van der Waals surface area contributed by atoms with Crippen molar-refractivity contribution in [1.82, 2.24) is 10.6 Å². The Labute approximate surface area is 114 Å². The highest BCUT2D eigenvalue weighted by Gasteiger charge is 2.19. The van der Waals surface area contributed by atoms with Gasteiger partial charge in [-0.25, -0.2) is 0 Å². The lowest BCUT2D eigenvalue weighted by molar-refractivity contribution is 0.0963. The van der Waals surface area contributed by atoms with Gasteiger partial charge >= 0.3 is 0 Å². The Morgan fingerprint density at radius 1 is 1.32 bits per heavy atom. The Bertz CT molecular complexity index is 417. The molecule has 0 aliphatic heterocycles. The van der Waals surface area contributed by atoms with Crippen molar-refractivity contribution in [2.45, 2.75) is 44.4 Å². The summed E-state index contributed by atoms with van der Waals surface area (Å²) in [5.41, 5.74) is 1.84. The minimum absolute atomic E-state index is 0.0603. The molecule has 0 aromatic heterocycles. The van der Waals surface area contributed by atoms with E-state index in [2.05, 4.69) is 10.6 Å². The molecule has 2 rings (SSSR count). The van der Waals surface area contributed by atoms with E-state index in [4.69, 9.17) is 0 Å². The van der Waals surface area contributed by atoms with Crippen molar-refractivity contribution in [1.29, 1.82) is 0 Å². The van der Waals surface area contributed by atoms with Crippen molar-refractivity contribution in [2.75, 3.05) is 7.05 Å². The molecule has 0 radical (unpaired) electrons. The summed E-state index contributed by atoms with van der Waals surface area (Å²) in [5, 5.41) is 15.7. The molecule has 0 saturated heterocycles. The largest absolute Gasteiger partial charge is 0.393 e. The van der Waals surface area contributed by atoms with Crippen LogP contribution in [0.4, 0.5) is 0 Å². The Balaban J connectivity index is 1.84. The van der Waals surface area contributed by atoms with Gasteiger partial charge in [-0.15, -0.1) is 0 Å². The van der Waals surface area contributed by atoms with Crippen molar-refractivity contribution in [2.24, 2.45) is 0 Å². The van der Waals surface area contributed by atoms with Crippen LogP contribution >= 0.6 is 0 Å². The molecule has 104 valence electrons. The monoisotopic (exact) mass is 262 g/mol. The van der Waals surface area contributed by atoms with Gasteiger partial charge in [0.05, 0.1) is 6.10 Å². The SMILES string of the molecule is CNC(=O)c1ccc(CNC2CCCC(O)C2)cc1. The van der Waals surface area contributed by atoms with E-state index < -0.39 is 0 Å². The minimum atomic E-state index is -0.151. The molecule has 1 amide bonds. The van der Waals surface area contributed by atoms with E-state index in [9.17, 15) is 9.90 Å². The van der Waals surface area contributed by atoms with Crippen LogP contribution < -0.4 is 10.6 Å². The predicted molar refractivity (Wildman–Crippen MR) is 74.9 cm³/mol. The Hall–Kier alpha value is -1.39. The molecule has 19 heavy (non-hydrogen) atoms. The standard InChI is InChI=1S/C15H22N2O2/c1-16-15(19)12-7-5-11(6-8-12)10-17-13-3-2-4-14(18)9-13/h5-8,13-14,17-18H,2-4,9-10H2,1H3,(H,16,19). The van der Waals surface area contributed by atoms with E-state index in [0.717, 1.165) is 37.8 Å². The van der Waals surface area contributed by atoms with Gasteiger partial charge in [0.1, 0.15) is 0 Å². The molecule has 1 aliphatic carbocycles. The van der Waals surface area contributed by atoms with Crippen LogP contribution in [0, 0.1) is 0 Å². The lowest BCUT2D eigenvalue weighted by Gasteiger charge is -2.26. The average molecular weight is 262 g/mol. The third kappa shape index (κ3) is 4.04. The van der Waals surface area contributed by atoms with Gasteiger partial charge < -0.3 is 15.7 Å². The third-order valence-electron chi connectivity index (χ3n) is 3.68. The molecule has 2 atom stereocenters. The summed E-state index contributed by atoms with van der Waals surface area (Å²) in [4.78, 5) is 11.4. The number of amides is 1. The summed E-state index contributed by atoms with van der Waals surface area (Å²) in [6.45, 7) is 0.783. The topological polar surface area (TPSA) is 61.4 Å². The van der Waals surface area contributed by atoms with Gasteiger partial charge in [0, 0.05) is 25.2 Å². The molecule has 1 fully saturated rings. The molecular weight excluding hydrogens is 240 g/mol. The highest BCUT2D eigenvalue weighted by atomic mass is 16.3. The van der Waals surface area contributed by atoms with Crippen molar-refractivity contribution in [3.63, 3.8) is 0 Å². The van der Waals surface area contributed by atoms with Gasteiger partial charge in [0.25, 0.3) is 5.91 Å². The van der Waals surface area contributed by atoms with Crippen LogP contribution in [0.2, 0.25) is 0 Å². The second kappa shape index (κ2) is 6.68. The van der Waals surface area contributed by atoms with Gasteiger partial charge in [-0.05, 0) is 43.4 Å². The second-order valence-electron chi connectivity index (χ2n) is 5.17. The zero-order valence-electron chi connectivity index (χ0n) is 11.4. The van der Waals surface area contributed by atoms with Crippen molar-refractivity contribution >= 4 is 5.91 Å². The first-order valence-corrected chi connectivity index (χ1v) is 6.91. The Morgan fingerprint density at radius 3 is 2.68 bits per heavy atom. The summed E-state index contributed by atoms with van der Waals surface area (Å²) in [5.74, 6) is -0.0603. The average Bonchev–Trinajstić information content (AvgIpc) is 2.45. The number of rotatable bonds is 4. The number of nitrogens with one attached hydrogen (secondary N) is 2. The second-order valence-corrected chi connectivity index (χ2v) is 5.17. The highest BCUT2D eigenvalue weighted by Crippen LogP contribution is 2.18. The van der Waals surface area contributed by atoms with E-state index in [1.807, 2.05) is 24.3 Å². The van der Waals surface area contributed by atoms with Crippen LogP contribution in [0.15, 0.2) is 24.3 Å². The van der Waals surface area contributed by atoms with Crippen molar-refractivity contribution in [3.8, 4) is 0 Å². The summed E-state index contributed by atoms with van der Waals surface area (Å²) < 4.78 is 0. The number of aliphatic hydroxyl groups excluding tert-OH is 1. The van der Waals surface area contributed by atoms with E-state index in [1.165, 1.54) is 0 Å². The van der Waals surface area contributed by atoms with Crippen LogP contribution in [0.3, 0.4) is 0 Å². The molecule has 1 saturated carbocycles. The summed E-state index contributed by atoms with van der Waals surface area (Å²) in [6, 6.07) is 8.02.